The van der Waals surface area contributed by atoms with Gasteiger partial charge in [0.1, 0.15) is 0 Å². The number of aliphatic hydroxyl groups is 1. The van der Waals surface area contributed by atoms with Gasteiger partial charge >= 0.3 is 0 Å². The predicted octanol–water partition coefficient (Wildman–Crippen LogP) is 4.13. The van der Waals surface area contributed by atoms with Crippen LogP contribution in [0.1, 0.15) is 37.0 Å². The number of hydrogen-bond acceptors (Lipinski definition) is 6. The Labute approximate surface area is 175 Å². The molecule has 2 N–H and O–H groups in total. The molecule has 6 heteroatoms. The van der Waals surface area contributed by atoms with Gasteiger partial charge in [0.2, 0.25) is 0 Å². The maximum atomic E-state index is 11.6. The van der Waals surface area contributed by atoms with Crippen LogP contribution in [0.4, 0.5) is 0 Å². The number of methoxy groups -OCH3 is 3. The Morgan fingerprint density at radius 1 is 0.967 bits per heavy atom. The van der Waals surface area contributed by atoms with Gasteiger partial charge in [-0.15, -0.1) is 0 Å². The number of ether oxygens (including phenoxy) is 3. The van der Waals surface area contributed by atoms with Crippen molar-refractivity contribution in [3.63, 3.8) is 0 Å². The molecular weight excluding hydrogens is 382 g/mol. The maximum Gasteiger partial charge on any atom is 0.166 e. The van der Waals surface area contributed by atoms with E-state index in [2.05, 4.69) is 11.8 Å². The lowest BCUT2D eigenvalue weighted by Crippen LogP contribution is -2.49. The van der Waals surface area contributed by atoms with Gasteiger partial charge in [0, 0.05) is 17.5 Å². The van der Waals surface area contributed by atoms with Gasteiger partial charge in [0.25, 0.3) is 0 Å². The number of fused-ring (bicyclic) bond motifs is 7. The van der Waals surface area contributed by atoms with E-state index in [1.54, 1.807) is 20.3 Å². The first-order valence-corrected chi connectivity index (χ1v) is 10.3. The lowest BCUT2D eigenvalue weighted by atomic mass is 9.77. The molecule has 5 rings (SSSR count). The fourth-order valence-corrected chi connectivity index (χ4v) is 5.47. The van der Waals surface area contributed by atoms with Gasteiger partial charge in [-0.1, -0.05) is 6.07 Å². The molecule has 2 heterocycles. The quantitative estimate of drug-likeness (QED) is 0.634. The van der Waals surface area contributed by atoms with Crippen LogP contribution in [0.15, 0.2) is 24.3 Å². The van der Waals surface area contributed by atoms with Crippen molar-refractivity contribution >= 4 is 21.5 Å². The average Bonchev–Trinajstić information content (AvgIpc) is 3.14. The highest BCUT2D eigenvalue weighted by Gasteiger charge is 2.48. The molecule has 1 saturated heterocycles. The summed E-state index contributed by atoms with van der Waals surface area (Å²) < 4.78 is 16.5. The number of aromatic hydroxyl groups is 1. The molecule has 0 bridgehead atoms. The van der Waals surface area contributed by atoms with Crippen LogP contribution in [0, 0.1) is 0 Å². The molecule has 0 radical (unpaired) electrons. The Hall–Kier alpha value is -2.70. The van der Waals surface area contributed by atoms with Crippen molar-refractivity contribution in [3.8, 4) is 23.0 Å². The van der Waals surface area contributed by atoms with E-state index in [-0.39, 0.29) is 11.3 Å². The fraction of sp³-hybridized carbons (Fsp3) is 0.417. The molecule has 0 aliphatic carbocycles. The highest BCUT2D eigenvalue weighted by Crippen LogP contribution is 2.53. The first-order valence-electron chi connectivity index (χ1n) is 10.3. The van der Waals surface area contributed by atoms with E-state index < -0.39 is 6.10 Å². The topological polar surface area (TPSA) is 71.4 Å². The summed E-state index contributed by atoms with van der Waals surface area (Å²) in [5.74, 6) is 1.69. The van der Waals surface area contributed by atoms with Gasteiger partial charge in [0.05, 0.1) is 27.4 Å². The lowest BCUT2D eigenvalue weighted by Gasteiger charge is -2.45. The van der Waals surface area contributed by atoms with Crippen molar-refractivity contribution < 1.29 is 24.4 Å². The van der Waals surface area contributed by atoms with Crippen LogP contribution < -0.4 is 14.2 Å². The van der Waals surface area contributed by atoms with Gasteiger partial charge in [-0.25, -0.2) is 0 Å². The van der Waals surface area contributed by atoms with Crippen molar-refractivity contribution in [2.45, 2.75) is 38.0 Å². The molecule has 0 spiro atoms. The minimum absolute atomic E-state index is 0.0706. The van der Waals surface area contributed by atoms with Crippen LogP contribution in [0.5, 0.6) is 23.0 Å². The number of phenols is 1. The highest BCUT2D eigenvalue weighted by atomic mass is 16.5. The standard InChI is InChI=1S/C24H27NO5/c1-24-8-5-9-25(24)12-16-14-10-18(29-3)19(30-4)11-15(14)20-13(21(16)23(24)27)6-7-17(28-2)22(20)26/h6-7,10-11,23,26-27H,5,8-9,12H2,1-4H3/t23-,24-/m0/s1. The third-order valence-electron chi connectivity index (χ3n) is 7.14. The van der Waals surface area contributed by atoms with E-state index in [1.807, 2.05) is 18.2 Å². The molecule has 2 atom stereocenters. The van der Waals surface area contributed by atoms with Crippen LogP contribution in [-0.4, -0.2) is 48.5 Å². The van der Waals surface area contributed by atoms with E-state index >= 15 is 0 Å². The number of rotatable bonds is 3. The smallest absolute Gasteiger partial charge is 0.166 e. The highest BCUT2D eigenvalue weighted by molar-refractivity contribution is 6.15. The molecule has 1 fully saturated rings. The summed E-state index contributed by atoms with van der Waals surface area (Å²) in [6.07, 6.45) is 1.35. The molecule has 0 amide bonds. The number of nitrogens with zero attached hydrogens (tertiary/aromatic N) is 1. The second-order valence-corrected chi connectivity index (χ2v) is 8.47. The zero-order valence-corrected chi connectivity index (χ0v) is 17.8. The van der Waals surface area contributed by atoms with Crippen LogP contribution in [0.25, 0.3) is 21.5 Å². The average molecular weight is 409 g/mol. The molecular formula is C24H27NO5. The summed E-state index contributed by atoms with van der Waals surface area (Å²) in [6, 6.07) is 7.57. The Balaban J connectivity index is 1.97. The molecule has 0 aromatic heterocycles. The van der Waals surface area contributed by atoms with Crippen LogP contribution in [0.3, 0.4) is 0 Å². The lowest BCUT2D eigenvalue weighted by molar-refractivity contribution is -0.0142. The minimum Gasteiger partial charge on any atom is -0.504 e. The molecule has 158 valence electrons. The van der Waals surface area contributed by atoms with E-state index in [1.165, 1.54) is 7.11 Å². The van der Waals surface area contributed by atoms with Crippen molar-refractivity contribution in [2.24, 2.45) is 0 Å². The number of aliphatic hydroxyl groups excluding tert-OH is 1. The molecule has 0 unspecified atom stereocenters. The third kappa shape index (κ3) is 2.38. The molecule has 2 aliphatic heterocycles. The molecule has 2 aliphatic rings. The van der Waals surface area contributed by atoms with Crippen molar-refractivity contribution in [1.82, 2.24) is 4.90 Å². The second kappa shape index (κ2) is 6.65. The third-order valence-corrected chi connectivity index (χ3v) is 7.14. The summed E-state index contributed by atoms with van der Waals surface area (Å²) in [7, 11) is 4.76. The van der Waals surface area contributed by atoms with Crippen LogP contribution in [-0.2, 0) is 6.54 Å². The Morgan fingerprint density at radius 3 is 2.30 bits per heavy atom. The summed E-state index contributed by atoms with van der Waals surface area (Å²) in [5.41, 5.74) is 1.66. The predicted molar refractivity (Wildman–Crippen MR) is 116 cm³/mol. The van der Waals surface area contributed by atoms with E-state index in [0.717, 1.165) is 53.2 Å². The fourth-order valence-electron chi connectivity index (χ4n) is 5.47. The number of phenolic OH excluding ortho intramolecular Hbond substituents is 1. The summed E-state index contributed by atoms with van der Waals surface area (Å²) in [4.78, 5) is 2.38. The zero-order valence-electron chi connectivity index (χ0n) is 17.8. The largest absolute Gasteiger partial charge is 0.504 e. The number of benzene rings is 3. The van der Waals surface area contributed by atoms with E-state index in [0.29, 0.717) is 22.6 Å². The zero-order chi connectivity index (χ0) is 21.2. The first-order chi connectivity index (χ1) is 14.4. The van der Waals surface area contributed by atoms with Crippen LogP contribution in [0.2, 0.25) is 0 Å². The Kier molecular flexibility index (Phi) is 4.27. The monoisotopic (exact) mass is 409 g/mol. The van der Waals surface area contributed by atoms with Crippen molar-refractivity contribution in [3.05, 3.63) is 35.4 Å². The second-order valence-electron chi connectivity index (χ2n) is 8.47. The maximum absolute atomic E-state index is 11.6. The van der Waals surface area contributed by atoms with Gasteiger partial charge < -0.3 is 24.4 Å². The molecule has 3 aromatic rings. The number of hydrogen-bond donors (Lipinski definition) is 2. The molecule has 0 saturated carbocycles. The van der Waals surface area contributed by atoms with Gasteiger partial charge in [-0.05, 0) is 71.8 Å². The molecule has 6 nitrogen and oxygen atoms in total. The summed E-state index contributed by atoms with van der Waals surface area (Å²) >= 11 is 0. The summed E-state index contributed by atoms with van der Waals surface area (Å²) in [6.45, 7) is 3.85. The van der Waals surface area contributed by atoms with Crippen LogP contribution >= 0.6 is 0 Å². The van der Waals surface area contributed by atoms with Gasteiger partial charge in [0.15, 0.2) is 23.0 Å². The Bertz CT molecular complexity index is 1170. The van der Waals surface area contributed by atoms with Crippen molar-refractivity contribution in [1.29, 1.82) is 0 Å². The molecule has 30 heavy (non-hydrogen) atoms. The first kappa shape index (κ1) is 19.3. The van der Waals surface area contributed by atoms with Gasteiger partial charge in [-0.3, -0.25) is 4.90 Å². The minimum atomic E-state index is -0.656. The summed E-state index contributed by atoms with van der Waals surface area (Å²) in [5, 5.41) is 26.0. The SMILES string of the molecule is COc1cc2c3c(c4ccc(OC)c(O)c4c2cc1OC)[C@H](O)[C@]1(C)CCCN1C3. The Morgan fingerprint density at radius 2 is 1.63 bits per heavy atom. The van der Waals surface area contributed by atoms with Gasteiger partial charge in [-0.2, -0.15) is 0 Å². The normalized spacial score (nSPS) is 23.4. The van der Waals surface area contributed by atoms with E-state index in [4.69, 9.17) is 14.2 Å². The van der Waals surface area contributed by atoms with E-state index in [9.17, 15) is 10.2 Å². The van der Waals surface area contributed by atoms with Crippen molar-refractivity contribution in [2.75, 3.05) is 27.9 Å². The molecule has 3 aromatic carbocycles.